The Morgan fingerprint density at radius 2 is 2.16 bits per heavy atom. The molecule has 1 unspecified atom stereocenters. The number of hydrogen-bond acceptors (Lipinski definition) is 5. The van der Waals surface area contributed by atoms with Crippen LogP contribution >= 0.6 is 15.9 Å². The summed E-state index contributed by atoms with van der Waals surface area (Å²) in [5, 5.41) is 7.20. The van der Waals surface area contributed by atoms with Crippen LogP contribution in [0.15, 0.2) is 9.63 Å². The zero-order chi connectivity index (χ0) is 14.2. The molecule has 1 fully saturated rings. The summed E-state index contributed by atoms with van der Waals surface area (Å²) >= 11 is 3.05. The number of halogens is 1. The fourth-order valence-electron chi connectivity index (χ4n) is 2.28. The molecule has 0 bridgehead atoms. The molecule has 1 saturated heterocycles. The van der Waals surface area contributed by atoms with Crippen molar-refractivity contribution >= 4 is 31.9 Å². The van der Waals surface area contributed by atoms with Gasteiger partial charge in [-0.15, -0.1) is 5.10 Å². The molecule has 1 atom stereocenters. The smallest absolute Gasteiger partial charge is 0.274 e. The first-order valence-corrected chi connectivity index (χ1v) is 8.22. The molecule has 1 aliphatic rings. The number of carbonyl (C=O) groups is 1. The van der Waals surface area contributed by atoms with Gasteiger partial charge in [-0.2, -0.15) is 8.42 Å². The summed E-state index contributed by atoms with van der Waals surface area (Å²) in [7, 11) is -2.40. The molecule has 1 amide bonds. The third kappa shape index (κ3) is 2.53. The van der Waals surface area contributed by atoms with E-state index in [1.807, 2.05) is 6.92 Å². The summed E-state index contributed by atoms with van der Waals surface area (Å²) < 4.78 is 27.2. The van der Waals surface area contributed by atoms with Crippen molar-refractivity contribution in [1.82, 2.24) is 19.3 Å². The van der Waals surface area contributed by atoms with E-state index < -0.39 is 10.0 Å². The Morgan fingerprint density at radius 3 is 2.68 bits per heavy atom. The van der Waals surface area contributed by atoms with Crippen LogP contribution in [0, 0.1) is 5.92 Å². The van der Waals surface area contributed by atoms with Gasteiger partial charge >= 0.3 is 0 Å². The number of carbonyl (C=O) groups excluding carboxylic acids is 1. The molecular formula is C10H15BrN4O3S. The van der Waals surface area contributed by atoms with Gasteiger partial charge in [0.15, 0.2) is 4.60 Å². The fourth-order valence-corrected chi connectivity index (χ4v) is 4.81. The quantitative estimate of drug-likeness (QED) is 0.805. The van der Waals surface area contributed by atoms with Gasteiger partial charge in [-0.05, 0) is 28.3 Å². The van der Waals surface area contributed by atoms with Crippen molar-refractivity contribution in [3.8, 4) is 0 Å². The number of aromatic nitrogens is 3. The van der Waals surface area contributed by atoms with E-state index in [0.717, 1.165) is 21.8 Å². The highest BCUT2D eigenvalue weighted by Gasteiger charge is 2.40. The van der Waals surface area contributed by atoms with Crippen LogP contribution in [0.3, 0.4) is 0 Å². The molecule has 2 heterocycles. The van der Waals surface area contributed by atoms with Crippen LogP contribution in [0.5, 0.6) is 0 Å². The van der Waals surface area contributed by atoms with Crippen molar-refractivity contribution in [2.45, 2.75) is 31.2 Å². The molecule has 19 heavy (non-hydrogen) atoms. The highest BCUT2D eigenvalue weighted by Crippen LogP contribution is 2.29. The van der Waals surface area contributed by atoms with Crippen LogP contribution in [0.4, 0.5) is 0 Å². The van der Waals surface area contributed by atoms with Gasteiger partial charge in [0.25, 0.3) is 10.0 Å². The molecule has 0 aliphatic carbocycles. The standard InChI is InChI=1S/C10H15BrN4O3S/c1-3-4-7-5-8(16)15(6-7)19(17,18)10-9(11)12-13-14(10)2/h7H,3-6H2,1-2H3. The minimum Gasteiger partial charge on any atom is -0.274 e. The molecule has 0 spiro atoms. The second kappa shape index (κ2) is 5.20. The van der Waals surface area contributed by atoms with E-state index in [9.17, 15) is 13.2 Å². The number of nitrogens with zero attached hydrogens (tertiary/aromatic N) is 4. The van der Waals surface area contributed by atoms with Gasteiger partial charge in [-0.25, -0.2) is 8.99 Å². The first-order chi connectivity index (χ1) is 8.87. The van der Waals surface area contributed by atoms with Crippen LogP contribution in [-0.2, 0) is 21.9 Å². The molecule has 2 rings (SSSR count). The van der Waals surface area contributed by atoms with E-state index in [1.165, 1.54) is 7.05 Å². The van der Waals surface area contributed by atoms with E-state index in [2.05, 4.69) is 26.2 Å². The van der Waals surface area contributed by atoms with E-state index in [0.29, 0.717) is 0 Å². The third-order valence-electron chi connectivity index (χ3n) is 3.13. The Hall–Kier alpha value is -0.960. The maximum absolute atomic E-state index is 12.5. The first-order valence-electron chi connectivity index (χ1n) is 5.98. The Labute approximate surface area is 120 Å². The normalized spacial score (nSPS) is 20.3. The molecule has 1 aliphatic heterocycles. The largest absolute Gasteiger partial charge is 0.286 e. The predicted octanol–water partition coefficient (Wildman–Crippen LogP) is 0.915. The van der Waals surface area contributed by atoms with Crippen molar-refractivity contribution in [3.05, 3.63) is 4.60 Å². The minimum absolute atomic E-state index is 0.0852. The SMILES string of the molecule is CCCC1CC(=O)N(S(=O)(=O)c2c(Br)nnn2C)C1. The molecule has 9 heteroatoms. The third-order valence-corrected chi connectivity index (χ3v) is 5.81. The van der Waals surface area contributed by atoms with Gasteiger partial charge in [0.2, 0.25) is 10.9 Å². The molecule has 106 valence electrons. The van der Waals surface area contributed by atoms with Crippen molar-refractivity contribution in [2.24, 2.45) is 13.0 Å². The predicted molar refractivity (Wildman–Crippen MR) is 70.6 cm³/mol. The Morgan fingerprint density at radius 1 is 1.47 bits per heavy atom. The number of hydrogen-bond donors (Lipinski definition) is 0. The minimum atomic E-state index is -3.88. The van der Waals surface area contributed by atoms with Crippen LogP contribution in [-0.4, -0.2) is 40.2 Å². The molecule has 1 aromatic rings. The molecule has 0 N–H and O–H groups in total. The summed E-state index contributed by atoms with van der Waals surface area (Å²) in [5.74, 6) is -0.251. The highest BCUT2D eigenvalue weighted by molar-refractivity contribution is 9.10. The lowest BCUT2D eigenvalue weighted by Crippen LogP contribution is -2.34. The summed E-state index contributed by atoms with van der Waals surface area (Å²) in [6, 6.07) is 0. The molecule has 0 radical (unpaired) electrons. The van der Waals surface area contributed by atoms with E-state index in [-0.39, 0.29) is 34.4 Å². The zero-order valence-electron chi connectivity index (χ0n) is 10.7. The number of amides is 1. The molecule has 0 saturated carbocycles. The van der Waals surface area contributed by atoms with Crippen LogP contribution in [0.25, 0.3) is 0 Å². The number of aryl methyl sites for hydroxylation is 1. The number of rotatable bonds is 4. The lowest BCUT2D eigenvalue weighted by molar-refractivity contribution is -0.123. The van der Waals surface area contributed by atoms with Gasteiger partial charge in [0.1, 0.15) is 0 Å². The van der Waals surface area contributed by atoms with Gasteiger partial charge in [0, 0.05) is 20.0 Å². The second-order valence-corrected chi connectivity index (χ2v) is 7.13. The van der Waals surface area contributed by atoms with Crippen molar-refractivity contribution in [2.75, 3.05) is 6.54 Å². The maximum Gasteiger partial charge on any atom is 0.286 e. The van der Waals surface area contributed by atoms with Crippen molar-refractivity contribution in [1.29, 1.82) is 0 Å². The summed E-state index contributed by atoms with van der Waals surface area (Å²) in [4.78, 5) is 11.9. The van der Waals surface area contributed by atoms with Crippen LogP contribution in [0.1, 0.15) is 26.2 Å². The average molecular weight is 351 g/mol. The maximum atomic E-state index is 12.5. The second-order valence-electron chi connectivity index (χ2n) is 4.60. The summed E-state index contributed by atoms with van der Waals surface area (Å²) in [6.45, 7) is 2.26. The van der Waals surface area contributed by atoms with Gasteiger partial charge < -0.3 is 0 Å². The summed E-state index contributed by atoms with van der Waals surface area (Å²) in [5.41, 5.74) is 0. The highest BCUT2D eigenvalue weighted by atomic mass is 79.9. The van der Waals surface area contributed by atoms with Gasteiger partial charge in [-0.1, -0.05) is 18.6 Å². The van der Waals surface area contributed by atoms with Gasteiger partial charge in [0.05, 0.1) is 0 Å². The van der Waals surface area contributed by atoms with Crippen LogP contribution in [0.2, 0.25) is 0 Å². The fraction of sp³-hybridized carbons (Fsp3) is 0.700. The van der Waals surface area contributed by atoms with E-state index in [1.54, 1.807) is 0 Å². The lowest BCUT2D eigenvalue weighted by Gasteiger charge is -2.16. The first kappa shape index (κ1) is 14.4. The lowest BCUT2D eigenvalue weighted by atomic mass is 10.0. The monoisotopic (exact) mass is 350 g/mol. The number of sulfonamides is 1. The Kier molecular flexibility index (Phi) is 3.95. The molecular weight excluding hydrogens is 336 g/mol. The van der Waals surface area contributed by atoms with Crippen molar-refractivity contribution in [3.63, 3.8) is 0 Å². The Balaban J connectivity index is 2.34. The molecule has 1 aromatic heterocycles. The molecule has 0 aromatic carbocycles. The van der Waals surface area contributed by atoms with Crippen molar-refractivity contribution < 1.29 is 13.2 Å². The average Bonchev–Trinajstić information content (AvgIpc) is 2.84. The van der Waals surface area contributed by atoms with E-state index >= 15 is 0 Å². The van der Waals surface area contributed by atoms with E-state index in [4.69, 9.17) is 0 Å². The van der Waals surface area contributed by atoms with Gasteiger partial charge in [-0.3, -0.25) is 4.79 Å². The molecule has 7 nitrogen and oxygen atoms in total. The van der Waals surface area contributed by atoms with Crippen LogP contribution < -0.4 is 0 Å². The Bertz CT molecular complexity index is 578. The zero-order valence-corrected chi connectivity index (χ0v) is 13.1. The topological polar surface area (TPSA) is 85.2 Å². The summed E-state index contributed by atoms with van der Waals surface area (Å²) in [6.07, 6.45) is 2.07.